The molecule has 5 heteroatoms. The van der Waals surface area contributed by atoms with Crippen molar-refractivity contribution in [2.45, 2.75) is 26.7 Å². The summed E-state index contributed by atoms with van der Waals surface area (Å²) in [5, 5.41) is 0. The van der Waals surface area contributed by atoms with Gasteiger partial charge in [-0.05, 0) is 25.0 Å². The normalized spacial score (nSPS) is 15.9. The van der Waals surface area contributed by atoms with Gasteiger partial charge in [0.05, 0.1) is 5.69 Å². The highest BCUT2D eigenvalue weighted by molar-refractivity contribution is 6.02. The van der Waals surface area contributed by atoms with Crippen LogP contribution in [0.15, 0.2) is 46.9 Å². The van der Waals surface area contributed by atoms with Crippen LogP contribution in [0, 0.1) is 11.4 Å². The van der Waals surface area contributed by atoms with Crippen molar-refractivity contribution in [1.82, 2.24) is 9.97 Å². The summed E-state index contributed by atoms with van der Waals surface area (Å²) in [6, 6.07) is 12.4. The minimum absolute atomic E-state index is 0.0901. The maximum absolute atomic E-state index is 14.2. The number of oxazole rings is 1. The quantitative estimate of drug-likeness (QED) is 0.681. The van der Waals surface area contributed by atoms with E-state index >= 15 is 0 Å². The molecule has 0 atom stereocenters. The second-order valence-corrected chi connectivity index (χ2v) is 6.91. The summed E-state index contributed by atoms with van der Waals surface area (Å²) in [7, 11) is 0. The average Bonchev–Trinajstić information content (AvgIpc) is 3.01. The van der Waals surface area contributed by atoms with Crippen molar-refractivity contribution in [3.05, 3.63) is 59.7 Å². The van der Waals surface area contributed by atoms with Crippen LogP contribution in [0.5, 0.6) is 0 Å². The molecule has 0 fully saturated rings. The first-order valence-corrected chi connectivity index (χ1v) is 8.22. The molecule has 1 aliphatic carbocycles. The Morgan fingerprint density at radius 2 is 1.84 bits per heavy atom. The van der Waals surface area contributed by atoms with Crippen LogP contribution >= 0.6 is 0 Å². The van der Waals surface area contributed by atoms with Gasteiger partial charge in [-0.2, -0.15) is 9.37 Å². The summed E-state index contributed by atoms with van der Waals surface area (Å²) in [4.78, 5) is 20.9. The van der Waals surface area contributed by atoms with E-state index in [-0.39, 0.29) is 22.8 Å². The fourth-order valence-electron chi connectivity index (χ4n) is 3.11. The van der Waals surface area contributed by atoms with Crippen LogP contribution in [-0.4, -0.2) is 15.8 Å². The van der Waals surface area contributed by atoms with Crippen LogP contribution in [0.4, 0.5) is 4.39 Å². The second kappa shape index (κ2) is 5.62. The molecule has 0 bridgehead atoms. The number of ketones is 1. The van der Waals surface area contributed by atoms with Gasteiger partial charge in [0.25, 0.3) is 5.95 Å². The van der Waals surface area contributed by atoms with E-state index in [1.54, 1.807) is 24.3 Å². The van der Waals surface area contributed by atoms with Crippen molar-refractivity contribution >= 4 is 5.78 Å². The molecule has 4 nitrogen and oxygen atoms in total. The van der Waals surface area contributed by atoms with Crippen LogP contribution in [0.3, 0.4) is 0 Å². The van der Waals surface area contributed by atoms with Gasteiger partial charge in [0.15, 0.2) is 11.5 Å². The predicted octanol–water partition coefficient (Wildman–Crippen LogP) is 4.70. The summed E-state index contributed by atoms with van der Waals surface area (Å²) in [5.41, 5.74) is 2.05. The van der Waals surface area contributed by atoms with Crippen molar-refractivity contribution in [1.29, 1.82) is 0 Å². The highest BCUT2D eigenvalue weighted by atomic mass is 19.1. The molecule has 2 heterocycles. The lowest BCUT2D eigenvalue weighted by atomic mass is 9.75. The summed E-state index contributed by atoms with van der Waals surface area (Å²) in [5.74, 6) is -0.363. The second-order valence-electron chi connectivity index (χ2n) is 6.91. The van der Waals surface area contributed by atoms with Gasteiger partial charge in [-0.3, -0.25) is 4.79 Å². The molecule has 0 amide bonds. The summed E-state index contributed by atoms with van der Waals surface area (Å²) >= 11 is 0. The number of nitrogens with zero attached hydrogens (tertiary/aromatic N) is 2. The smallest absolute Gasteiger partial charge is 0.259 e. The van der Waals surface area contributed by atoms with E-state index in [1.165, 1.54) is 0 Å². The van der Waals surface area contributed by atoms with E-state index < -0.39 is 5.95 Å². The first kappa shape index (κ1) is 15.7. The Balaban J connectivity index is 1.74. The Morgan fingerprint density at radius 1 is 1.08 bits per heavy atom. The number of carbonyl (C=O) groups is 1. The third-order valence-corrected chi connectivity index (χ3v) is 4.66. The molecule has 2 aromatic heterocycles. The standard InChI is InChI=1S/C20H17FN2O2/c1-20(2)11-10-14-13(17(20)24)8-9-15(22-14)19-23-18(21)16(25-19)12-6-4-3-5-7-12/h3-9H,10-11H2,1-2H3. The van der Waals surface area contributed by atoms with Gasteiger partial charge in [0, 0.05) is 16.5 Å². The Labute approximate surface area is 144 Å². The minimum atomic E-state index is -0.669. The zero-order chi connectivity index (χ0) is 17.6. The summed E-state index contributed by atoms with van der Waals surface area (Å²) < 4.78 is 19.8. The van der Waals surface area contributed by atoms with E-state index in [2.05, 4.69) is 9.97 Å². The van der Waals surface area contributed by atoms with Crippen LogP contribution < -0.4 is 0 Å². The number of rotatable bonds is 2. The molecule has 1 aliphatic rings. The van der Waals surface area contributed by atoms with Crippen LogP contribution in [0.2, 0.25) is 0 Å². The van der Waals surface area contributed by atoms with Gasteiger partial charge in [-0.1, -0.05) is 44.2 Å². The van der Waals surface area contributed by atoms with Gasteiger partial charge in [-0.25, -0.2) is 4.98 Å². The third-order valence-electron chi connectivity index (χ3n) is 4.66. The van der Waals surface area contributed by atoms with Gasteiger partial charge in [0.2, 0.25) is 5.89 Å². The Bertz CT molecular complexity index is 961. The fraction of sp³-hybridized carbons (Fsp3) is 0.250. The third kappa shape index (κ3) is 2.65. The molecule has 3 aromatic rings. The zero-order valence-electron chi connectivity index (χ0n) is 14.0. The molecule has 0 spiro atoms. The van der Waals surface area contributed by atoms with Crippen LogP contribution in [0.25, 0.3) is 22.9 Å². The van der Waals surface area contributed by atoms with Crippen LogP contribution in [0.1, 0.15) is 36.3 Å². The number of fused-ring (bicyclic) bond motifs is 1. The number of hydrogen-bond acceptors (Lipinski definition) is 4. The number of benzene rings is 1. The van der Waals surface area contributed by atoms with E-state index in [0.29, 0.717) is 23.2 Å². The lowest BCUT2D eigenvalue weighted by Crippen LogP contribution is -2.31. The number of Topliss-reactive ketones (excluding diaryl/α,β-unsaturated/α-hetero) is 1. The maximum atomic E-state index is 14.2. The molecule has 126 valence electrons. The molecular weight excluding hydrogens is 319 g/mol. The molecule has 4 rings (SSSR count). The first-order chi connectivity index (χ1) is 12.0. The molecule has 1 aromatic carbocycles. The van der Waals surface area contributed by atoms with Gasteiger partial charge in [-0.15, -0.1) is 0 Å². The predicted molar refractivity (Wildman–Crippen MR) is 91.6 cm³/mol. The summed E-state index contributed by atoms with van der Waals surface area (Å²) in [6.45, 7) is 3.89. The SMILES string of the molecule is CC1(C)CCc2nc(-c3nc(F)c(-c4ccccc4)o3)ccc2C1=O. The van der Waals surface area contributed by atoms with E-state index in [1.807, 2.05) is 32.0 Å². The van der Waals surface area contributed by atoms with Crippen molar-refractivity contribution in [2.24, 2.45) is 5.41 Å². The molecular formula is C20H17FN2O2. The minimum Gasteiger partial charge on any atom is -0.431 e. The Kier molecular flexibility index (Phi) is 3.53. The number of aryl methyl sites for hydroxylation is 1. The average molecular weight is 336 g/mol. The highest BCUT2D eigenvalue weighted by Gasteiger charge is 2.35. The summed E-state index contributed by atoms with van der Waals surface area (Å²) in [6.07, 6.45) is 1.45. The lowest BCUT2D eigenvalue weighted by molar-refractivity contribution is 0.0809. The van der Waals surface area contributed by atoms with E-state index in [9.17, 15) is 9.18 Å². The number of carbonyl (C=O) groups excluding carboxylic acids is 1. The molecule has 25 heavy (non-hydrogen) atoms. The zero-order valence-corrected chi connectivity index (χ0v) is 14.0. The maximum Gasteiger partial charge on any atom is 0.259 e. The van der Waals surface area contributed by atoms with Gasteiger partial charge >= 0.3 is 0 Å². The monoisotopic (exact) mass is 336 g/mol. The molecule has 0 aliphatic heterocycles. The van der Waals surface area contributed by atoms with Gasteiger partial charge in [0.1, 0.15) is 5.69 Å². The number of aromatic nitrogens is 2. The molecule has 0 saturated heterocycles. The molecule has 0 radical (unpaired) electrons. The Morgan fingerprint density at radius 3 is 2.60 bits per heavy atom. The largest absolute Gasteiger partial charge is 0.431 e. The topological polar surface area (TPSA) is 56.0 Å². The van der Waals surface area contributed by atoms with Crippen LogP contribution in [-0.2, 0) is 6.42 Å². The van der Waals surface area contributed by atoms with Crippen molar-refractivity contribution < 1.29 is 13.6 Å². The first-order valence-electron chi connectivity index (χ1n) is 8.22. The Hall–Kier alpha value is -2.82. The van der Waals surface area contributed by atoms with E-state index in [0.717, 1.165) is 12.1 Å². The number of pyridine rings is 1. The lowest BCUT2D eigenvalue weighted by Gasteiger charge is -2.28. The highest BCUT2D eigenvalue weighted by Crippen LogP contribution is 2.35. The van der Waals surface area contributed by atoms with Crippen molar-refractivity contribution in [3.8, 4) is 22.9 Å². The molecule has 0 unspecified atom stereocenters. The molecule has 0 N–H and O–H groups in total. The fourth-order valence-corrected chi connectivity index (χ4v) is 3.11. The van der Waals surface area contributed by atoms with E-state index in [4.69, 9.17) is 4.42 Å². The molecule has 0 saturated carbocycles. The van der Waals surface area contributed by atoms with Gasteiger partial charge < -0.3 is 4.42 Å². The van der Waals surface area contributed by atoms with Crippen molar-refractivity contribution in [3.63, 3.8) is 0 Å². The number of halogens is 1. The van der Waals surface area contributed by atoms with Crippen molar-refractivity contribution in [2.75, 3.05) is 0 Å². The number of hydrogen-bond donors (Lipinski definition) is 0.